The monoisotopic (exact) mass is 450 g/mol. The molecule has 1 N–H and O–H groups in total. The Kier molecular flexibility index (Phi) is 5.23. The van der Waals surface area contributed by atoms with E-state index in [-0.39, 0.29) is 23.7 Å². The van der Waals surface area contributed by atoms with Crippen LogP contribution >= 0.6 is 11.6 Å². The predicted molar refractivity (Wildman–Crippen MR) is 105 cm³/mol. The fraction of sp³-hybridized carbons (Fsp3) is 0.222. The van der Waals surface area contributed by atoms with Crippen LogP contribution in [0.15, 0.2) is 49.3 Å². The first-order valence-corrected chi connectivity index (χ1v) is 9.15. The van der Waals surface area contributed by atoms with Crippen molar-refractivity contribution in [2.45, 2.75) is 18.5 Å². The van der Waals surface area contributed by atoms with E-state index in [1.54, 1.807) is 36.2 Å². The van der Waals surface area contributed by atoms with Crippen molar-refractivity contribution in [1.29, 1.82) is 0 Å². The van der Waals surface area contributed by atoms with Gasteiger partial charge in [0.2, 0.25) is 12.2 Å². The molecule has 0 bridgehead atoms. The molecule has 2 heterocycles. The largest absolute Gasteiger partial charge is 0.400 e. The number of aromatic nitrogens is 4. The van der Waals surface area contributed by atoms with Crippen LogP contribution in [-0.4, -0.2) is 27.3 Å². The van der Waals surface area contributed by atoms with Gasteiger partial charge >= 0.3 is 11.3 Å². The molecule has 0 spiro atoms. The minimum absolute atomic E-state index is 0.0364. The van der Waals surface area contributed by atoms with Gasteiger partial charge in [0.05, 0.1) is 6.54 Å². The lowest BCUT2D eigenvalue weighted by Crippen LogP contribution is -2.41. The summed E-state index contributed by atoms with van der Waals surface area (Å²) in [5.74, 6) is -0.687. The van der Waals surface area contributed by atoms with Crippen LogP contribution in [-0.2, 0) is 18.5 Å². The maximum atomic E-state index is 13.0. The first kappa shape index (κ1) is 20.6. The summed E-state index contributed by atoms with van der Waals surface area (Å²) in [4.78, 5) is 33.0. The molecule has 0 amide bonds. The topological polar surface area (TPSA) is 127 Å². The highest BCUT2D eigenvalue weighted by molar-refractivity contribution is 6.21. The summed E-state index contributed by atoms with van der Waals surface area (Å²) < 4.78 is 35.1. The maximum absolute atomic E-state index is 13.0. The van der Waals surface area contributed by atoms with Crippen molar-refractivity contribution >= 4 is 23.0 Å². The Bertz CT molecular complexity index is 1260. The van der Waals surface area contributed by atoms with Crippen molar-refractivity contribution in [3.05, 3.63) is 68.4 Å². The second-order valence-corrected chi connectivity index (χ2v) is 7.03. The molecule has 0 fully saturated rings. The molecule has 160 valence electrons. The van der Waals surface area contributed by atoms with Gasteiger partial charge in [-0.25, -0.2) is 0 Å². The van der Waals surface area contributed by atoms with Crippen LogP contribution in [0.2, 0.25) is 0 Å². The van der Waals surface area contributed by atoms with E-state index in [0.29, 0.717) is 17.9 Å². The zero-order valence-corrected chi connectivity index (χ0v) is 16.6. The zero-order chi connectivity index (χ0) is 22.2. The highest BCUT2D eigenvalue weighted by Crippen LogP contribution is 2.32. The highest BCUT2D eigenvalue weighted by Gasteiger charge is 2.35. The summed E-state index contributed by atoms with van der Waals surface area (Å²) in [5.41, 5.74) is 0.425. The molecule has 10 nitrogen and oxygen atoms in total. The summed E-state index contributed by atoms with van der Waals surface area (Å²) in [5, 5.41) is 6.22. The van der Waals surface area contributed by atoms with Crippen LogP contribution in [0.3, 0.4) is 0 Å². The highest BCUT2D eigenvalue weighted by atomic mass is 35.5. The molecule has 0 aliphatic rings. The summed E-state index contributed by atoms with van der Waals surface area (Å²) >= 11 is 4.87. The number of nitrogens with zero attached hydrogens (tertiary/aromatic N) is 5. The standard InChI is InChI=1S/C18H13ClF2N6O4/c1-27(13-12(14(28)15(13)29)22-6-11-23-8-30-25-11)7-9-2-4-10(5-3-9)16-24-17(31-26-16)18(19,20)21/h2-5,8,22H,6-7H2,1H3. The normalized spacial score (nSPS) is 11.7. The molecule has 2 aromatic carbocycles. The Morgan fingerprint density at radius 1 is 1.16 bits per heavy atom. The number of benzene rings is 1. The fourth-order valence-electron chi connectivity index (χ4n) is 2.91. The molecule has 0 saturated carbocycles. The van der Waals surface area contributed by atoms with Crippen molar-refractivity contribution in [2.24, 2.45) is 0 Å². The molecule has 13 heteroatoms. The molecule has 0 aliphatic heterocycles. The maximum Gasteiger partial charge on any atom is 0.400 e. The van der Waals surface area contributed by atoms with E-state index in [4.69, 9.17) is 11.6 Å². The number of rotatable bonds is 8. The molecule has 0 aliphatic carbocycles. The molecular formula is C18H13ClF2N6O4. The first-order chi connectivity index (χ1) is 14.7. The van der Waals surface area contributed by atoms with Crippen molar-refractivity contribution < 1.29 is 17.8 Å². The molecular weight excluding hydrogens is 438 g/mol. The van der Waals surface area contributed by atoms with Crippen LogP contribution in [0.1, 0.15) is 17.3 Å². The van der Waals surface area contributed by atoms with Crippen molar-refractivity contribution in [2.75, 3.05) is 17.3 Å². The summed E-state index contributed by atoms with van der Waals surface area (Å²) in [6, 6.07) is 6.64. The molecule has 0 unspecified atom stereocenters. The van der Waals surface area contributed by atoms with E-state index in [9.17, 15) is 18.4 Å². The number of anilines is 2. The van der Waals surface area contributed by atoms with Gasteiger partial charge in [0.1, 0.15) is 11.4 Å². The van der Waals surface area contributed by atoms with Crippen LogP contribution in [0.25, 0.3) is 11.4 Å². The van der Waals surface area contributed by atoms with Crippen LogP contribution in [0.5, 0.6) is 0 Å². The third-order valence-corrected chi connectivity index (χ3v) is 4.56. The second-order valence-electron chi connectivity index (χ2n) is 6.56. The summed E-state index contributed by atoms with van der Waals surface area (Å²) in [7, 11) is 1.66. The molecule has 0 atom stereocenters. The number of hydrogen-bond donors (Lipinski definition) is 1. The summed E-state index contributed by atoms with van der Waals surface area (Å²) in [6.07, 6.45) is 1.16. The number of hydrogen-bond acceptors (Lipinski definition) is 10. The van der Waals surface area contributed by atoms with Gasteiger partial charge in [-0.05, 0) is 17.2 Å². The first-order valence-electron chi connectivity index (χ1n) is 8.78. The Morgan fingerprint density at radius 3 is 2.52 bits per heavy atom. The van der Waals surface area contributed by atoms with Crippen molar-refractivity contribution in [1.82, 2.24) is 20.3 Å². The van der Waals surface area contributed by atoms with E-state index in [1.165, 1.54) is 0 Å². The number of halogens is 3. The van der Waals surface area contributed by atoms with Gasteiger partial charge in [-0.15, -0.1) is 0 Å². The predicted octanol–water partition coefficient (Wildman–Crippen LogP) is 2.25. The fourth-order valence-corrected chi connectivity index (χ4v) is 2.99. The summed E-state index contributed by atoms with van der Waals surface area (Å²) in [6.45, 7) is 0.435. The minimum Gasteiger partial charge on any atom is -0.373 e. The zero-order valence-electron chi connectivity index (χ0n) is 15.8. The van der Waals surface area contributed by atoms with E-state index < -0.39 is 22.1 Å². The van der Waals surface area contributed by atoms with Crippen LogP contribution in [0, 0.1) is 0 Å². The Labute approximate surface area is 177 Å². The minimum atomic E-state index is -3.75. The number of alkyl halides is 3. The Balaban J connectivity index is 1.45. The average Bonchev–Trinajstić information content (AvgIpc) is 3.42. The second kappa shape index (κ2) is 7.87. The van der Waals surface area contributed by atoms with E-state index in [2.05, 4.69) is 34.6 Å². The molecule has 0 saturated heterocycles. The van der Waals surface area contributed by atoms with Gasteiger partial charge in [0.25, 0.3) is 10.9 Å². The lowest BCUT2D eigenvalue weighted by molar-refractivity contribution is 0.0551. The molecule has 31 heavy (non-hydrogen) atoms. The number of nitrogens with one attached hydrogen (secondary N) is 1. The van der Waals surface area contributed by atoms with Crippen LogP contribution < -0.4 is 21.1 Å². The third-order valence-electron chi connectivity index (χ3n) is 4.40. The quantitative estimate of drug-likeness (QED) is 0.315. The van der Waals surface area contributed by atoms with Crippen molar-refractivity contribution in [3.8, 4) is 11.4 Å². The van der Waals surface area contributed by atoms with Crippen molar-refractivity contribution in [3.63, 3.8) is 0 Å². The Morgan fingerprint density at radius 2 is 1.90 bits per heavy atom. The van der Waals surface area contributed by atoms with E-state index in [0.717, 1.165) is 12.0 Å². The Hall–Kier alpha value is -3.67. The van der Waals surface area contributed by atoms with E-state index in [1.807, 2.05) is 0 Å². The van der Waals surface area contributed by atoms with E-state index >= 15 is 0 Å². The third kappa shape index (κ3) is 4.14. The molecule has 0 radical (unpaired) electrons. The van der Waals surface area contributed by atoms with Gasteiger partial charge in [-0.1, -0.05) is 34.6 Å². The van der Waals surface area contributed by atoms with Gasteiger partial charge in [-0.3, -0.25) is 9.59 Å². The smallest absolute Gasteiger partial charge is 0.373 e. The van der Waals surface area contributed by atoms with Gasteiger partial charge in [0.15, 0.2) is 5.82 Å². The molecule has 4 rings (SSSR count). The lowest BCUT2D eigenvalue weighted by Gasteiger charge is -2.23. The lowest BCUT2D eigenvalue weighted by atomic mass is 10.1. The van der Waals surface area contributed by atoms with Gasteiger partial charge in [0, 0.05) is 19.2 Å². The molecule has 4 aromatic rings. The molecule has 2 aromatic heterocycles. The average molecular weight is 451 g/mol. The SMILES string of the molecule is CN(Cc1ccc(-c2noc(C(F)(F)Cl)n2)cc1)c1c(NCc2ncon2)c(=O)c1=O. The van der Waals surface area contributed by atoms with Crippen LogP contribution in [0.4, 0.5) is 20.2 Å². The van der Waals surface area contributed by atoms with Gasteiger partial charge < -0.3 is 19.3 Å². The van der Waals surface area contributed by atoms with Gasteiger partial charge in [-0.2, -0.15) is 18.7 Å².